The van der Waals surface area contributed by atoms with Gasteiger partial charge in [0.25, 0.3) is 0 Å². The van der Waals surface area contributed by atoms with Gasteiger partial charge in [-0.25, -0.2) is 4.79 Å². The van der Waals surface area contributed by atoms with Gasteiger partial charge in [-0.15, -0.1) is 11.3 Å². The van der Waals surface area contributed by atoms with Gasteiger partial charge in [0.05, 0.1) is 22.9 Å². The molecule has 6 nitrogen and oxygen atoms in total. The summed E-state index contributed by atoms with van der Waals surface area (Å²) in [7, 11) is 0. The van der Waals surface area contributed by atoms with Crippen LogP contribution in [0.15, 0.2) is 17.8 Å². The predicted molar refractivity (Wildman–Crippen MR) is 85.2 cm³/mol. The molecule has 1 fully saturated rings. The summed E-state index contributed by atoms with van der Waals surface area (Å²) >= 11 is 6.23. The SMILES string of the molecule is C[C@@H](O)C1C(=O)N2C(C(=O)O)=C(c3ccc(C(N)=S)s3)CC12. The molecule has 3 rings (SSSR count). The number of β-lactam (4-membered cyclic amide) rings is 1. The van der Waals surface area contributed by atoms with Crippen molar-refractivity contribution in [3.05, 3.63) is 27.6 Å². The Morgan fingerprint density at radius 1 is 1.55 bits per heavy atom. The van der Waals surface area contributed by atoms with Gasteiger partial charge in [-0.2, -0.15) is 0 Å². The van der Waals surface area contributed by atoms with Gasteiger partial charge in [-0.3, -0.25) is 4.79 Å². The van der Waals surface area contributed by atoms with E-state index in [0.717, 1.165) is 4.88 Å². The second kappa shape index (κ2) is 5.15. The van der Waals surface area contributed by atoms with Crippen molar-refractivity contribution in [3.63, 3.8) is 0 Å². The average molecular weight is 338 g/mol. The molecule has 0 aliphatic carbocycles. The summed E-state index contributed by atoms with van der Waals surface area (Å²) in [6.45, 7) is 1.55. The van der Waals surface area contributed by atoms with Crippen LogP contribution in [-0.2, 0) is 9.59 Å². The minimum Gasteiger partial charge on any atom is -0.477 e. The van der Waals surface area contributed by atoms with E-state index >= 15 is 0 Å². The van der Waals surface area contributed by atoms with Crippen LogP contribution < -0.4 is 5.73 Å². The maximum Gasteiger partial charge on any atom is 0.352 e. The number of nitrogens with two attached hydrogens (primary N) is 1. The fraction of sp³-hybridized carbons (Fsp3) is 0.357. The topological polar surface area (TPSA) is 104 Å². The lowest BCUT2D eigenvalue weighted by molar-refractivity contribution is -0.161. The maximum absolute atomic E-state index is 12.1. The summed E-state index contributed by atoms with van der Waals surface area (Å²) in [6.07, 6.45) is -0.376. The summed E-state index contributed by atoms with van der Waals surface area (Å²) in [6, 6.07) is 3.23. The maximum atomic E-state index is 12.1. The Morgan fingerprint density at radius 2 is 2.23 bits per heavy atom. The first-order chi connectivity index (χ1) is 10.3. The van der Waals surface area contributed by atoms with Gasteiger partial charge in [-0.1, -0.05) is 12.2 Å². The molecule has 4 N–H and O–H groups in total. The molecule has 8 heteroatoms. The van der Waals surface area contributed by atoms with Gasteiger partial charge in [0.1, 0.15) is 10.7 Å². The molecule has 2 unspecified atom stereocenters. The number of aliphatic hydroxyl groups is 1. The van der Waals surface area contributed by atoms with Gasteiger partial charge in [-0.05, 0) is 25.5 Å². The van der Waals surface area contributed by atoms with E-state index in [2.05, 4.69) is 0 Å². The van der Waals surface area contributed by atoms with Gasteiger partial charge in [0.15, 0.2) is 0 Å². The first-order valence-electron chi connectivity index (χ1n) is 6.70. The van der Waals surface area contributed by atoms with Crippen LogP contribution in [0.4, 0.5) is 0 Å². The lowest BCUT2D eigenvalue weighted by Crippen LogP contribution is -2.61. The highest BCUT2D eigenvalue weighted by Gasteiger charge is 2.56. The third-order valence-electron chi connectivity index (χ3n) is 4.08. The Bertz CT molecular complexity index is 722. The molecule has 0 aromatic carbocycles. The molecular formula is C14H14N2O4S2. The normalized spacial score (nSPS) is 25.0. The number of aliphatic carboxylic acids is 1. The van der Waals surface area contributed by atoms with E-state index in [1.165, 1.54) is 16.2 Å². The third-order valence-corrected chi connectivity index (χ3v) is 5.60. The average Bonchev–Trinajstić information content (AvgIpc) is 2.99. The van der Waals surface area contributed by atoms with Crippen molar-refractivity contribution in [1.82, 2.24) is 4.90 Å². The van der Waals surface area contributed by atoms with E-state index in [4.69, 9.17) is 18.0 Å². The smallest absolute Gasteiger partial charge is 0.352 e. The molecule has 116 valence electrons. The molecule has 3 heterocycles. The lowest BCUT2D eigenvalue weighted by Gasteiger charge is -2.44. The molecule has 3 atom stereocenters. The van der Waals surface area contributed by atoms with Crippen LogP contribution in [0.1, 0.15) is 23.1 Å². The molecule has 2 aliphatic heterocycles. The van der Waals surface area contributed by atoms with Crippen LogP contribution in [0.25, 0.3) is 5.57 Å². The molecule has 1 amide bonds. The van der Waals surface area contributed by atoms with Gasteiger partial charge >= 0.3 is 5.97 Å². The monoisotopic (exact) mass is 338 g/mol. The molecular weight excluding hydrogens is 324 g/mol. The summed E-state index contributed by atoms with van der Waals surface area (Å²) in [5, 5.41) is 19.2. The predicted octanol–water partition coefficient (Wildman–Crippen LogP) is 0.789. The van der Waals surface area contributed by atoms with Crippen molar-refractivity contribution < 1.29 is 19.8 Å². The Morgan fingerprint density at radius 3 is 2.73 bits per heavy atom. The van der Waals surface area contributed by atoms with E-state index < -0.39 is 18.0 Å². The van der Waals surface area contributed by atoms with E-state index in [0.29, 0.717) is 16.9 Å². The lowest BCUT2D eigenvalue weighted by atomic mass is 9.83. The molecule has 0 bridgehead atoms. The number of carbonyl (C=O) groups is 2. The number of rotatable bonds is 4. The van der Waals surface area contributed by atoms with E-state index in [9.17, 15) is 19.8 Å². The van der Waals surface area contributed by atoms with Crippen molar-refractivity contribution in [2.45, 2.75) is 25.5 Å². The van der Waals surface area contributed by atoms with Gasteiger partial charge in [0, 0.05) is 10.5 Å². The largest absolute Gasteiger partial charge is 0.477 e. The minimum absolute atomic E-state index is 0.00300. The molecule has 0 radical (unpaired) electrons. The van der Waals surface area contributed by atoms with Crippen molar-refractivity contribution >= 4 is 46.0 Å². The summed E-state index contributed by atoms with van der Waals surface area (Å²) in [5.74, 6) is -2.01. The van der Waals surface area contributed by atoms with Gasteiger partial charge in [0.2, 0.25) is 5.91 Å². The highest BCUT2D eigenvalue weighted by Crippen LogP contribution is 2.47. The molecule has 0 saturated carbocycles. The zero-order chi connectivity index (χ0) is 16.2. The number of amides is 1. The number of carboxylic acids is 1. The number of fused-ring (bicyclic) bond motifs is 1. The number of carboxylic acid groups (broad SMARTS) is 1. The Kier molecular flexibility index (Phi) is 3.54. The number of carbonyl (C=O) groups excluding carboxylic acids is 1. The zero-order valence-electron chi connectivity index (χ0n) is 11.6. The Hall–Kier alpha value is -1.77. The summed E-state index contributed by atoms with van der Waals surface area (Å²) < 4.78 is 0. The van der Waals surface area contributed by atoms with Crippen LogP contribution in [0, 0.1) is 5.92 Å². The summed E-state index contributed by atoms with van der Waals surface area (Å²) in [4.78, 5) is 26.7. The minimum atomic E-state index is -1.14. The molecule has 1 saturated heterocycles. The van der Waals surface area contributed by atoms with E-state index in [-0.39, 0.29) is 22.6 Å². The third kappa shape index (κ3) is 2.06. The van der Waals surface area contributed by atoms with Crippen LogP contribution in [0.2, 0.25) is 0 Å². The number of aliphatic hydroxyl groups excluding tert-OH is 1. The second-order valence-electron chi connectivity index (χ2n) is 5.41. The molecule has 2 aliphatic rings. The Labute approximate surface area is 135 Å². The van der Waals surface area contributed by atoms with Crippen LogP contribution in [-0.4, -0.2) is 44.1 Å². The highest BCUT2D eigenvalue weighted by molar-refractivity contribution is 7.81. The standard InChI is InChI=1S/C14H14N2O4S2/c1-5(17)10-7-4-6(8-2-3-9(22-8)12(15)21)11(14(19)20)16(7)13(10)18/h2-3,5,7,10,17H,4H2,1H3,(H2,15,21)(H,19,20)/t5-,7?,10?/m1/s1. The van der Waals surface area contributed by atoms with Crippen LogP contribution in [0.3, 0.4) is 0 Å². The molecule has 0 spiro atoms. The first-order valence-corrected chi connectivity index (χ1v) is 7.93. The number of thiocarbonyl (C=S) groups is 1. The van der Waals surface area contributed by atoms with E-state index in [1.54, 1.807) is 19.1 Å². The number of nitrogens with zero attached hydrogens (tertiary/aromatic N) is 1. The number of hydrogen-bond acceptors (Lipinski definition) is 5. The molecule has 22 heavy (non-hydrogen) atoms. The van der Waals surface area contributed by atoms with Crippen LogP contribution >= 0.6 is 23.6 Å². The quantitative estimate of drug-likeness (QED) is 0.554. The fourth-order valence-electron chi connectivity index (χ4n) is 3.12. The highest BCUT2D eigenvalue weighted by atomic mass is 32.1. The van der Waals surface area contributed by atoms with Crippen molar-refractivity contribution in [1.29, 1.82) is 0 Å². The molecule has 1 aromatic rings. The first kappa shape index (κ1) is 15.1. The van der Waals surface area contributed by atoms with Crippen LogP contribution in [0.5, 0.6) is 0 Å². The van der Waals surface area contributed by atoms with Crippen molar-refractivity contribution in [2.24, 2.45) is 11.7 Å². The Balaban J connectivity index is 2.01. The second-order valence-corrected chi connectivity index (χ2v) is 6.93. The summed E-state index contributed by atoms with van der Waals surface area (Å²) in [5.41, 5.74) is 6.18. The fourth-order valence-corrected chi connectivity index (χ4v) is 4.23. The number of thiophene rings is 1. The zero-order valence-corrected chi connectivity index (χ0v) is 13.3. The van der Waals surface area contributed by atoms with E-state index in [1.807, 2.05) is 0 Å². The van der Waals surface area contributed by atoms with Crippen molar-refractivity contribution in [2.75, 3.05) is 0 Å². The van der Waals surface area contributed by atoms with Gasteiger partial charge < -0.3 is 20.8 Å². The molecule has 1 aromatic heterocycles. The van der Waals surface area contributed by atoms with Crippen molar-refractivity contribution in [3.8, 4) is 0 Å². The number of hydrogen-bond donors (Lipinski definition) is 3.